The summed E-state index contributed by atoms with van der Waals surface area (Å²) in [6, 6.07) is 6.98. The number of halogens is 6. The van der Waals surface area contributed by atoms with E-state index in [1.54, 1.807) is 0 Å². The number of hydrogen-bond donors (Lipinski definition) is 1. The fraction of sp³-hybridized carbons (Fsp3) is 0.333. The number of sulfone groups is 1. The van der Waals surface area contributed by atoms with Gasteiger partial charge in [0.2, 0.25) is 5.91 Å². The molecule has 14 heteroatoms. The largest absolute Gasteiger partial charge is 0.433 e. The van der Waals surface area contributed by atoms with Crippen molar-refractivity contribution < 1.29 is 39.6 Å². The Balaban J connectivity index is 1.55. The summed E-state index contributed by atoms with van der Waals surface area (Å²) in [6.45, 7) is -0.375. The van der Waals surface area contributed by atoms with Crippen LogP contribution in [0.25, 0.3) is 11.3 Å². The second-order valence-corrected chi connectivity index (χ2v) is 10.9. The number of rotatable bonds is 7. The van der Waals surface area contributed by atoms with Gasteiger partial charge in [0.15, 0.2) is 9.84 Å². The average Bonchev–Trinajstić information content (AvgIpc) is 3.35. The number of aromatic nitrogens is 3. The fourth-order valence-corrected chi connectivity index (χ4v) is 6.73. The minimum atomic E-state index is -4.62. The van der Waals surface area contributed by atoms with Gasteiger partial charge in [0.1, 0.15) is 23.3 Å². The molecule has 0 bridgehead atoms. The molecule has 0 spiro atoms. The third-order valence-corrected chi connectivity index (χ3v) is 8.80. The Morgan fingerprint density at radius 3 is 2.39 bits per heavy atom. The highest BCUT2D eigenvalue weighted by Crippen LogP contribution is 2.48. The zero-order chi connectivity index (χ0) is 27.7. The molecule has 38 heavy (non-hydrogen) atoms. The highest BCUT2D eigenvalue weighted by atomic mass is 32.2. The van der Waals surface area contributed by atoms with Crippen molar-refractivity contribution in [2.24, 2.45) is 5.41 Å². The summed E-state index contributed by atoms with van der Waals surface area (Å²) in [5, 5.41) is 0.599. The average molecular weight is 559 g/mol. The Morgan fingerprint density at radius 2 is 1.79 bits per heavy atom. The lowest BCUT2D eigenvalue weighted by Gasteiger charge is -2.33. The van der Waals surface area contributed by atoms with Crippen LogP contribution in [0.2, 0.25) is 0 Å². The molecule has 3 aromatic rings. The Kier molecular flexibility index (Phi) is 7.46. The predicted molar refractivity (Wildman–Crippen MR) is 122 cm³/mol. The standard InChI is InChI=1S/C24H20F6N4O3S/c25-15-4-6-17(7-5-15)38(36,37)20-2-1-9-23(20,21(26)27)22(35)32-12-16-10-18(34-13-33-16)14-3-8-19(31-11-14)24(28,29)30/h3-8,10-11,13,20-21H,1-2,9,12H2,(H,32,35)/t20?,23-/m1/s1. The molecule has 0 saturated heterocycles. The molecule has 2 atom stereocenters. The van der Waals surface area contributed by atoms with Crippen molar-refractivity contribution in [3.8, 4) is 11.3 Å². The van der Waals surface area contributed by atoms with Gasteiger partial charge in [-0.25, -0.2) is 31.6 Å². The van der Waals surface area contributed by atoms with E-state index >= 15 is 0 Å². The number of nitrogens with one attached hydrogen (secondary N) is 1. The summed E-state index contributed by atoms with van der Waals surface area (Å²) in [6.07, 6.45) is -6.41. The molecule has 1 aliphatic carbocycles. The predicted octanol–water partition coefficient (Wildman–Crippen LogP) is 4.59. The van der Waals surface area contributed by atoms with Gasteiger partial charge in [0, 0.05) is 11.8 Å². The van der Waals surface area contributed by atoms with Crippen molar-refractivity contribution in [3.05, 3.63) is 72.2 Å². The Labute approximate surface area is 213 Å². The zero-order valence-corrected chi connectivity index (χ0v) is 20.2. The topological polar surface area (TPSA) is 102 Å². The molecule has 0 aliphatic heterocycles. The van der Waals surface area contributed by atoms with E-state index in [4.69, 9.17) is 0 Å². The molecule has 7 nitrogen and oxygen atoms in total. The molecule has 2 heterocycles. The van der Waals surface area contributed by atoms with E-state index in [1.165, 1.54) is 6.07 Å². The van der Waals surface area contributed by atoms with Crippen molar-refractivity contribution in [1.29, 1.82) is 0 Å². The molecule has 1 aromatic carbocycles. The number of hydrogen-bond acceptors (Lipinski definition) is 6. The highest BCUT2D eigenvalue weighted by Gasteiger charge is 2.60. The van der Waals surface area contributed by atoms with Gasteiger partial charge in [-0.3, -0.25) is 9.78 Å². The second kappa shape index (κ2) is 10.3. The number of benzene rings is 1. The van der Waals surface area contributed by atoms with E-state index in [2.05, 4.69) is 20.3 Å². The minimum absolute atomic E-state index is 0.0570. The van der Waals surface area contributed by atoms with Gasteiger partial charge in [-0.1, -0.05) is 6.42 Å². The Hall–Kier alpha value is -3.55. The van der Waals surface area contributed by atoms with E-state index < -0.39 is 50.5 Å². The highest BCUT2D eigenvalue weighted by molar-refractivity contribution is 7.92. The number of alkyl halides is 5. The number of nitrogens with zero attached hydrogens (tertiary/aromatic N) is 3. The molecule has 4 rings (SSSR count). The van der Waals surface area contributed by atoms with Crippen molar-refractivity contribution in [1.82, 2.24) is 20.3 Å². The molecular weight excluding hydrogens is 538 g/mol. The normalized spacial score (nSPS) is 20.0. The molecule has 1 N–H and O–H groups in total. The van der Waals surface area contributed by atoms with Gasteiger partial charge in [-0.2, -0.15) is 13.2 Å². The van der Waals surface area contributed by atoms with Crippen LogP contribution in [-0.2, 0) is 27.4 Å². The second-order valence-electron chi connectivity index (χ2n) is 8.73. The first-order valence-electron chi connectivity index (χ1n) is 11.3. The first kappa shape index (κ1) is 27.5. The van der Waals surface area contributed by atoms with Crippen molar-refractivity contribution in [2.45, 2.75) is 48.6 Å². The van der Waals surface area contributed by atoms with Crippen LogP contribution in [0.15, 0.2) is 59.9 Å². The molecule has 1 aliphatic rings. The van der Waals surface area contributed by atoms with Crippen LogP contribution < -0.4 is 5.32 Å². The molecule has 202 valence electrons. The molecular formula is C24H20F6N4O3S. The smallest absolute Gasteiger partial charge is 0.350 e. The van der Waals surface area contributed by atoms with E-state index in [1.807, 2.05) is 0 Å². The minimum Gasteiger partial charge on any atom is -0.350 e. The molecule has 1 fully saturated rings. The van der Waals surface area contributed by atoms with Crippen LogP contribution in [0.5, 0.6) is 0 Å². The number of pyridine rings is 1. The maximum absolute atomic E-state index is 14.4. The first-order valence-corrected chi connectivity index (χ1v) is 12.8. The molecule has 0 radical (unpaired) electrons. The lowest BCUT2D eigenvalue weighted by Crippen LogP contribution is -2.53. The van der Waals surface area contributed by atoms with Crippen LogP contribution >= 0.6 is 0 Å². The van der Waals surface area contributed by atoms with Crippen molar-refractivity contribution >= 4 is 15.7 Å². The van der Waals surface area contributed by atoms with Gasteiger partial charge in [0.25, 0.3) is 6.43 Å². The third-order valence-electron chi connectivity index (χ3n) is 6.46. The van der Waals surface area contributed by atoms with Gasteiger partial charge in [-0.15, -0.1) is 0 Å². The summed E-state index contributed by atoms with van der Waals surface area (Å²) in [7, 11) is -4.41. The molecule has 1 amide bonds. The lowest BCUT2D eigenvalue weighted by molar-refractivity contribution is -0.141. The fourth-order valence-electron chi connectivity index (χ4n) is 4.53. The van der Waals surface area contributed by atoms with Crippen LogP contribution in [0.1, 0.15) is 30.7 Å². The summed E-state index contributed by atoms with van der Waals surface area (Å²) >= 11 is 0. The summed E-state index contributed by atoms with van der Waals surface area (Å²) in [5.41, 5.74) is -3.10. The first-order chi connectivity index (χ1) is 17.9. The van der Waals surface area contributed by atoms with Crippen LogP contribution in [-0.4, -0.2) is 41.0 Å². The summed E-state index contributed by atoms with van der Waals surface area (Å²) < 4.78 is 107. The lowest BCUT2D eigenvalue weighted by atomic mass is 9.85. The number of amides is 1. The Bertz CT molecular complexity index is 1420. The van der Waals surface area contributed by atoms with Gasteiger partial charge in [0.05, 0.1) is 28.1 Å². The zero-order valence-electron chi connectivity index (χ0n) is 19.4. The maximum Gasteiger partial charge on any atom is 0.433 e. The molecule has 1 saturated carbocycles. The third kappa shape index (κ3) is 5.22. The number of carbonyl (C=O) groups excluding carboxylic acids is 1. The maximum atomic E-state index is 14.4. The SMILES string of the molecule is O=C(NCc1cc(-c2ccc(C(F)(F)F)nc2)ncn1)[C@]1(C(F)F)CCCC1S(=O)(=O)c1ccc(F)cc1. The van der Waals surface area contributed by atoms with Crippen LogP contribution in [0.3, 0.4) is 0 Å². The number of carbonyl (C=O) groups is 1. The Morgan fingerprint density at radius 1 is 1.08 bits per heavy atom. The van der Waals surface area contributed by atoms with Crippen LogP contribution in [0.4, 0.5) is 26.3 Å². The quantitative estimate of drug-likeness (QED) is 0.336. The van der Waals surface area contributed by atoms with Crippen molar-refractivity contribution in [3.63, 3.8) is 0 Å². The summed E-state index contributed by atoms with van der Waals surface area (Å²) in [5.74, 6) is -1.89. The molecule has 1 unspecified atom stereocenters. The summed E-state index contributed by atoms with van der Waals surface area (Å²) in [4.78, 5) is 24.0. The van der Waals surface area contributed by atoms with E-state index in [9.17, 15) is 39.6 Å². The van der Waals surface area contributed by atoms with E-state index in [-0.39, 0.29) is 47.7 Å². The van der Waals surface area contributed by atoms with Crippen LogP contribution in [0, 0.1) is 11.2 Å². The van der Waals surface area contributed by atoms with Crippen molar-refractivity contribution in [2.75, 3.05) is 0 Å². The van der Waals surface area contributed by atoms with E-state index in [0.717, 1.165) is 48.9 Å². The van der Waals surface area contributed by atoms with Gasteiger partial charge >= 0.3 is 6.18 Å². The van der Waals surface area contributed by atoms with Gasteiger partial charge in [-0.05, 0) is 55.3 Å². The monoisotopic (exact) mass is 558 g/mol. The molecule has 2 aromatic heterocycles. The van der Waals surface area contributed by atoms with Gasteiger partial charge < -0.3 is 5.32 Å². The van der Waals surface area contributed by atoms with E-state index in [0.29, 0.717) is 0 Å².